The van der Waals surface area contributed by atoms with Crippen molar-refractivity contribution in [2.24, 2.45) is 0 Å². The fourth-order valence-electron chi connectivity index (χ4n) is 2.58. The third-order valence-electron chi connectivity index (χ3n) is 3.61. The van der Waals surface area contributed by atoms with Crippen LogP contribution in [0.25, 0.3) is 0 Å². The fraction of sp³-hybridized carbons (Fsp3) is 0.533. The third-order valence-corrected chi connectivity index (χ3v) is 3.61. The predicted octanol–water partition coefficient (Wildman–Crippen LogP) is 3.58. The Hall–Kier alpha value is -1.22. The van der Waals surface area contributed by atoms with Gasteiger partial charge in [0.2, 0.25) is 0 Å². The maximum absolute atomic E-state index is 14.0. The van der Waals surface area contributed by atoms with Gasteiger partial charge in [0, 0.05) is 6.61 Å². The Morgan fingerprint density at radius 2 is 2.06 bits per heavy atom. The first-order valence-electron chi connectivity index (χ1n) is 6.39. The molecule has 0 spiro atoms. The summed E-state index contributed by atoms with van der Waals surface area (Å²) in [5.74, 6) is -0.662. The molecule has 1 saturated heterocycles. The number of halogens is 1. The molecule has 18 heavy (non-hydrogen) atoms. The predicted molar refractivity (Wildman–Crippen MR) is 68.4 cm³/mol. The van der Waals surface area contributed by atoms with Crippen molar-refractivity contribution < 1.29 is 13.9 Å². The normalized spacial score (nSPS) is 24.0. The fourth-order valence-corrected chi connectivity index (χ4v) is 2.58. The van der Waals surface area contributed by atoms with E-state index in [1.165, 1.54) is 6.07 Å². The van der Waals surface area contributed by atoms with E-state index in [0.717, 1.165) is 18.4 Å². The summed E-state index contributed by atoms with van der Waals surface area (Å²) in [7, 11) is 0. The van der Waals surface area contributed by atoms with Gasteiger partial charge in [-0.25, -0.2) is 4.39 Å². The number of hydrogen-bond donors (Lipinski definition) is 0. The van der Waals surface area contributed by atoms with Crippen molar-refractivity contribution in [2.45, 2.75) is 45.6 Å². The Balaban J connectivity index is 2.39. The molecule has 0 N–H and O–H groups in total. The lowest BCUT2D eigenvalue weighted by atomic mass is 9.85. The van der Waals surface area contributed by atoms with Gasteiger partial charge in [-0.2, -0.15) is 0 Å². The summed E-state index contributed by atoms with van der Waals surface area (Å²) in [6.45, 7) is 5.95. The molecule has 1 aromatic carbocycles. The molecule has 0 aliphatic carbocycles. The highest BCUT2D eigenvalue weighted by Crippen LogP contribution is 2.30. The second-order valence-corrected chi connectivity index (χ2v) is 5.30. The average molecular weight is 250 g/mol. The van der Waals surface area contributed by atoms with Crippen LogP contribution in [0.15, 0.2) is 12.1 Å². The number of hydrogen-bond acceptors (Lipinski definition) is 2. The summed E-state index contributed by atoms with van der Waals surface area (Å²) in [4.78, 5) is 12.5. The number of ketones is 1. The van der Waals surface area contributed by atoms with Crippen LogP contribution in [0.3, 0.4) is 0 Å². The number of carbonyl (C=O) groups is 1. The van der Waals surface area contributed by atoms with Gasteiger partial charge in [0.05, 0.1) is 5.56 Å². The number of aryl methyl sites for hydroxylation is 2. The smallest absolute Gasteiger partial charge is 0.197 e. The molecule has 0 bridgehead atoms. The molecule has 2 rings (SSSR count). The number of rotatable bonds is 2. The van der Waals surface area contributed by atoms with Crippen molar-refractivity contribution in [2.75, 3.05) is 6.61 Å². The maximum atomic E-state index is 14.0. The SMILES string of the molecule is Cc1cc(C)c(C(=O)C2(C)CCCCO2)c(F)c1. The molecule has 1 aromatic rings. The highest BCUT2D eigenvalue weighted by atomic mass is 19.1. The topological polar surface area (TPSA) is 26.3 Å². The van der Waals surface area contributed by atoms with Crippen LogP contribution in [0, 0.1) is 19.7 Å². The molecule has 98 valence electrons. The van der Waals surface area contributed by atoms with Gasteiger partial charge in [0.1, 0.15) is 11.4 Å². The minimum Gasteiger partial charge on any atom is -0.367 e. The molecule has 3 heteroatoms. The zero-order valence-electron chi connectivity index (χ0n) is 11.2. The molecule has 2 nitrogen and oxygen atoms in total. The van der Waals surface area contributed by atoms with Gasteiger partial charge in [-0.1, -0.05) is 6.07 Å². The van der Waals surface area contributed by atoms with Gasteiger partial charge in [-0.3, -0.25) is 4.79 Å². The van der Waals surface area contributed by atoms with E-state index in [1.807, 2.05) is 13.0 Å². The zero-order valence-corrected chi connectivity index (χ0v) is 11.2. The van der Waals surface area contributed by atoms with Gasteiger partial charge in [0.25, 0.3) is 0 Å². The number of Topliss-reactive ketones (excluding diaryl/α,β-unsaturated/α-hetero) is 1. The van der Waals surface area contributed by atoms with Crippen LogP contribution < -0.4 is 0 Å². The minimum absolute atomic E-state index is 0.185. The quantitative estimate of drug-likeness (QED) is 0.750. The Morgan fingerprint density at radius 1 is 1.33 bits per heavy atom. The first-order valence-corrected chi connectivity index (χ1v) is 6.39. The van der Waals surface area contributed by atoms with Crippen molar-refractivity contribution in [3.8, 4) is 0 Å². The molecule has 1 aliphatic rings. The highest BCUT2D eigenvalue weighted by Gasteiger charge is 2.38. The zero-order chi connectivity index (χ0) is 13.3. The first kappa shape index (κ1) is 13.2. The molecular weight excluding hydrogens is 231 g/mol. The second kappa shape index (κ2) is 4.81. The summed E-state index contributed by atoms with van der Waals surface area (Å²) in [5.41, 5.74) is 0.841. The molecule has 0 aromatic heterocycles. The lowest BCUT2D eigenvalue weighted by Crippen LogP contribution is -2.42. The lowest BCUT2D eigenvalue weighted by molar-refractivity contribution is -0.0428. The average Bonchev–Trinajstić information content (AvgIpc) is 2.28. The molecular formula is C15H19FO2. The summed E-state index contributed by atoms with van der Waals surface area (Å²) in [6.07, 6.45) is 2.59. The molecule has 0 amide bonds. The van der Waals surface area contributed by atoms with Crippen molar-refractivity contribution in [1.82, 2.24) is 0 Å². The highest BCUT2D eigenvalue weighted by molar-refractivity contribution is 6.03. The van der Waals surface area contributed by atoms with Gasteiger partial charge in [-0.15, -0.1) is 0 Å². The molecule has 1 unspecified atom stereocenters. The van der Waals surface area contributed by atoms with E-state index in [9.17, 15) is 9.18 Å². The van der Waals surface area contributed by atoms with Crippen molar-refractivity contribution in [1.29, 1.82) is 0 Å². The molecule has 1 heterocycles. The van der Waals surface area contributed by atoms with E-state index in [2.05, 4.69) is 0 Å². The Kier molecular flexibility index (Phi) is 3.53. The molecule has 0 radical (unpaired) electrons. The van der Waals surface area contributed by atoms with Gasteiger partial charge in [0.15, 0.2) is 5.78 Å². The summed E-state index contributed by atoms with van der Waals surface area (Å²) in [6, 6.07) is 3.24. The van der Waals surface area contributed by atoms with E-state index in [0.29, 0.717) is 18.6 Å². The Bertz CT molecular complexity index is 450. The van der Waals surface area contributed by atoms with Gasteiger partial charge >= 0.3 is 0 Å². The van der Waals surface area contributed by atoms with Crippen LogP contribution in [0.4, 0.5) is 4.39 Å². The maximum Gasteiger partial charge on any atom is 0.197 e. The van der Waals surface area contributed by atoms with Gasteiger partial charge < -0.3 is 4.74 Å². The van der Waals surface area contributed by atoms with Gasteiger partial charge in [-0.05, 0) is 57.2 Å². The number of ether oxygens (including phenoxy) is 1. The summed E-state index contributed by atoms with van der Waals surface area (Å²) in [5, 5.41) is 0. The van der Waals surface area contributed by atoms with Crippen LogP contribution >= 0.6 is 0 Å². The minimum atomic E-state index is -0.862. The van der Waals surface area contributed by atoms with Crippen molar-refractivity contribution >= 4 is 5.78 Å². The molecule has 0 saturated carbocycles. The van der Waals surface area contributed by atoms with E-state index in [1.54, 1.807) is 13.8 Å². The number of benzene rings is 1. The summed E-state index contributed by atoms with van der Waals surface area (Å²) < 4.78 is 19.6. The Morgan fingerprint density at radius 3 is 2.61 bits per heavy atom. The van der Waals surface area contributed by atoms with E-state index in [-0.39, 0.29) is 11.3 Å². The molecule has 1 fully saturated rings. The third kappa shape index (κ3) is 2.32. The van der Waals surface area contributed by atoms with E-state index >= 15 is 0 Å². The first-order chi connectivity index (χ1) is 8.44. The van der Waals surface area contributed by atoms with E-state index in [4.69, 9.17) is 4.74 Å². The van der Waals surface area contributed by atoms with Crippen LogP contribution in [-0.2, 0) is 4.74 Å². The van der Waals surface area contributed by atoms with Crippen LogP contribution in [-0.4, -0.2) is 18.0 Å². The van der Waals surface area contributed by atoms with Crippen LogP contribution in [0.2, 0.25) is 0 Å². The van der Waals surface area contributed by atoms with Crippen molar-refractivity contribution in [3.05, 3.63) is 34.6 Å². The molecule has 1 atom stereocenters. The van der Waals surface area contributed by atoms with Crippen LogP contribution in [0.5, 0.6) is 0 Å². The largest absolute Gasteiger partial charge is 0.367 e. The number of carbonyl (C=O) groups excluding carboxylic acids is 1. The Labute approximate surface area is 107 Å². The standard InChI is InChI=1S/C15H19FO2/c1-10-8-11(2)13(12(16)9-10)14(17)15(3)6-4-5-7-18-15/h8-9H,4-7H2,1-3H3. The van der Waals surface area contributed by atoms with E-state index < -0.39 is 11.4 Å². The van der Waals surface area contributed by atoms with Crippen molar-refractivity contribution in [3.63, 3.8) is 0 Å². The lowest BCUT2D eigenvalue weighted by Gasteiger charge is -2.32. The second-order valence-electron chi connectivity index (χ2n) is 5.30. The molecule has 1 aliphatic heterocycles. The summed E-state index contributed by atoms with van der Waals surface area (Å²) >= 11 is 0. The monoisotopic (exact) mass is 250 g/mol. The van der Waals surface area contributed by atoms with Crippen LogP contribution in [0.1, 0.15) is 47.7 Å².